The van der Waals surface area contributed by atoms with Gasteiger partial charge >= 0.3 is 0 Å². The number of aryl methyl sites for hydroxylation is 2. The van der Waals surface area contributed by atoms with Crippen LogP contribution in [0.25, 0.3) is 0 Å². The summed E-state index contributed by atoms with van der Waals surface area (Å²) in [6.07, 6.45) is 0. The number of furan rings is 1. The highest BCUT2D eigenvalue weighted by Crippen LogP contribution is 2.26. The van der Waals surface area contributed by atoms with Crippen molar-refractivity contribution in [3.05, 3.63) is 41.3 Å². The van der Waals surface area contributed by atoms with Crippen molar-refractivity contribution in [2.24, 2.45) is 5.14 Å². The van der Waals surface area contributed by atoms with Crippen molar-refractivity contribution in [1.82, 2.24) is 0 Å². The number of nitrogens with zero attached hydrogens (tertiary/aromatic N) is 1. The minimum absolute atomic E-state index is 0.0559. The first kappa shape index (κ1) is 17.5. The summed E-state index contributed by atoms with van der Waals surface area (Å²) >= 11 is 0. The number of sulfonamides is 1. The van der Waals surface area contributed by atoms with Crippen LogP contribution in [0.15, 0.2) is 33.6 Å². The fourth-order valence-electron chi connectivity index (χ4n) is 2.21. The summed E-state index contributed by atoms with van der Waals surface area (Å²) in [6, 6.07) is 8.10. The van der Waals surface area contributed by atoms with Crippen LogP contribution in [0.2, 0.25) is 0 Å². The molecule has 24 heavy (non-hydrogen) atoms. The number of nitrogens with one attached hydrogen (secondary N) is 1. The maximum absolute atomic E-state index is 12.4. The van der Waals surface area contributed by atoms with E-state index < -0.39 is 15.9 Å². The number of benzene rings is 1. The molecule has 2 rings (SSSR count). The maximum Gasteiger partial charge on any atom is 0.260 e. The Hall–Kier alpha value is -2.83. The van der Waals surface area contributed by atoms with E-state index in [0.717, 1.165) is 0 Å². The van der Waals surface area contributed by atoms with Crippen LogP contribution in [0, 0.1) is 25.2 Å². The summed E-state index contributed by atoms with van der Waals surface area (Å²) < 4.78 is 33.7. The van der Waals surface area contributed by atoms with Crippen LogP contribution in [-0.2, 0) is 10.0 Å². The van der Waals surface area contributed by atoms with Gasteiger partial charge in [0.2, 0.25) is 10.0 Å². The molecule has 0 fully saturated rings. The summed E-state index contributed by atoms with van der Waals surface area (Å²) in [6.45, 7) is 2.82. The SMILES string of the molecule is Cc1oc(C)c(S(N)(=O)=O)c1C(=O)Nc1ccc(OCC#N)cc1. The Bertz CT molecular complexity index is 908. The van der Waals surface area contributed by atoms with Gasteiger partial charge in [0.1, 0.15) is 33.8 Å². The molecule has 0 unspecified atom stereocenters. The molecule has 8 nitrogen and oxygen atoms in total. The highest BCUT2D eigenvalue weighted by molar-refractivity contribution is 7.89. The molecule has 0 bridgehead atoms. The van der Waals surface area contributed by atoms with Crippen LogP contribution in [0.4, 0.5) is 5.69 Å². The number of ether oxygens (including phenoxy) is 1. The molecule has 3 N–H and O–H groups in total. The number of carbonyl (C=O) groups excluding carboxylic acids is 1. The molecule has 0 saturated heterocycles. The zero-order valence-electron chi connectivity index (χ0n) is 13.0. The summed E-state index contributed by atoms with van der Waals surface area (Å²) in [4.78, 5) is 12.1. The number of primary sulfonamides is 1. The molecule has 126 valence electrons. The summed E-state index contributed by atoms with van der Waals surface area (Å²) in [7, 11) is -4.10. The van der Waals surface area contributed by atoms with E-state index in [-0.39, 0.29) is 28.6 Å². The third-order valence-corrected chi connectivity index (χ3v) is 4.19. The highest BCUT2D eigenvalue weighted by Gasteiger charge is 2.28. The van der Waals surface area contributed by atoms with Gasteiger partial charge in [-0.15, -0.1) is 0 Å². The van der Waals surface area contributed by atoms with Gasteiger partial charge in [0.05, 0.1) is 0 Å². The van der Waals surface area contributed by atoms with Crippen molar-refractivity contribution in [1.29, 1.82) is 5.26 Å². The van der Waals surface area contributed by atoms with Crippen LogP contribution in [0.3, 0.4) is 0 Å². The monoisotopic (exact) mass is 349 g/mol. The second-order valence-electron chi connectivity index (χ2n) is 4.89. The first-order chi connectivity index (χ1) is 11.2. The normalized spacial score (nSPS) is 10.9. The number of nitrogens with two attached hydrogens (primary N) is 1. The molecule has 0 aliphatic heterocycles. The quantitative estimate of drug-likeness (QED) is 0.843. The third kappa shape index (κ3) is 3.73. The second-order valence-corrected chi connectivity index (χ2v) is 6.39. The summed E-state index contributed by atoms with van der Waals surface area (Å²) in [5, 5.41) is 16.2. The minimum Gasteiger partial charge on any atom is -0.479 e. The lowest BCUT2D eigenvalue weighted by molar-refractivity contribution is 0.102. The van der Waals surface area contributed by atoms with Gasteiger partial charge < -0.3 is 14.5 Å². The molecule has 1 aromatic heterocycles. The van der Waals surface area contributed by atoms with E-state index in [1.54, 1.807) is 24.3 Å². The standard InChI is InChI=1S/C15H15N3O5S/c1-9-13(14(10(2)23-9)24(17,20)21)15(19)18-11-3-5-12(6-4-11)22-8-7-16/h3-6H,8H2,1-2H3,(H,18,19)(H2,17,20,21). The van der Waals surface area contributed by atoms with Gasteiger partial charge in [-0.05, 0) is 38.1 Å². The smallest absolute Gasteiger partial charge is 0.260 e. The molecule has 1 heterocycles. The predicted octanol–water partition coefficient (Wildman–Crippen LogP) is 1.70. The van der Waals surface area contributed by atoms with Gasteiger partial charge in [0.25, 0.3) is 5.91 Å². The molecular weight excluding hydrogens is 334 g/mol. The molecule has 1 amide bonds. The predicted molar refractivity (Wildman–Crippen MR) is 85.1 cm³/mol. The number of hydrogen-bond donors (Lipinski definition) is 2. The number of hydrogen-bond acceptors (Lipinski definition) is 6. The van der Waals surface area contributed by atoms with Gasteiger partial charge in [-0.25, -0.2) is 13.6 Å². The van der Waals surface area contributed by atoms with E-state index in [2.05, 4.69) is 5.32 Å². The Labute approximate surface area is 138 Å². The van der Waals surface area contributed by atoms with Gasteiger partial charge in [-0.2, -0.15) is 5.26 Å². The molecule has 0 aliphatic carbocycles. The minimum atomic E-state index is -4.10. The van der Waals surface area contributed by atoms with E-state index in [1.807, 2.05) is 6.07 Å². The Kier molecular flexibility index (Phi) is 4.92. The first-order valence-corrected chi connectivity index (χ1v) is 8.32. The molecule has 2 aromatic rings. The van der Waals surface area contributed by atoms with Crippen molar-refractivity contribution in [3.63, 3.8) is 0 Å². The Balaban J connectivity index is 2.27. The molecule has 0 atom stereocenters. The Morgan fingerprint density at radius 2 is 1.92 bits per heavy atom. The van der Waals surface area contributed by atoms with E-state index in [0.29, 0.717) is 11.4 Å². The van der Waals surface area contributed by atoms with E-state index in [4.69, 9.17) is 19.6 Å². The van der Waals surface area contributed by atoms with Gasteiger partial charge in [0.15, 0.2) is 6.61 Å². The highest BCUT2D eigenvalue weighted by atomic mass is 32.2. The lowest BCUT2D eigenvalue weighted by Crippen LogP contribution is -2.20. The molecule has 1 aromatic carbocycles. The van der Waals surface area contributed by atoms with Crippen molar-refractivity contribution in [2.75, 3.05) is 11.9 Å². The lowest BCUT2D eigenvalue weighted by atomic mass is 10.2. The molecule has 0 saturated carbocycles. The van der Waals surface area contributed by atoms with Crippen LogP contribution in [0.1, 0.15) is 21.9 Å². The van der Waals surface area contributed by atoms with Crippen molar-refractivity contribution < 1.29 is 22.4 Å². The van der Waals surface area contributed by atoms with E-state index in [1.165, 1.54) is 13.8 Å². The number of amides is 1. The van der Waals surface area contributed by atoms with Gasteiger partial charge in [-0.3, -0.25) is 4.79 Å². The van der Waals surface area contributed by atoms with E-state index in [9.17, 15) is 13.2 Å². The van der Waals surface area contributed by atoms with Crippen LogP contribution in [0.5, 0.6) is 5.75 Å². The van der Waals surface area contributed by atoms with Crippen molar-refractivity contribution in [3.8, 4) is 11.8 Å². The number of nitriles is 1. The largest absolute Gasteiger partial charge is 0.479 e. The summed E-state index contributed by atoms with van der Waals surface area (Å²) in [5.74, 6) is 0.0255. The van der Waals surface area contributed by atoms with Crippen molar-refractivity contribution in [2.45, 2.75) is 18.7 Å². The maximum atomic E-state index is 12.4. The number of anilines is 1. The van der Waals surface area contributed by atoms with E-state index >= 15 is 0 Å². The lowest BCUT2D eigenvalue weighted by Gasteiger charge is -2.07. The first-order valence-electron chi connectivity index (χ1n) is 6.78. The average Bonchev–Trinajstić information content (AvgIpc) is 2.81. The fraction of sp³-hybridized carbons (Fsp3) is 0.200. The van der Waals surface area contributed by atoms with Gasteiger partial charge in [0, 0.05) is 5.69 Å². The Morgan fingerprint density at radius 1 is 1.29 bits per heavy atom. The molecule has 9 heteroatoms. The van der Waals surface area contributed by atoms with Gasteiger partial charge in [-0.1, -0.05) is 0 Å². The molecule has 0 aliphatic rings. The van der Waals surface area contributed by atoms with Crippen LogP contribution >= 0.6 is 0 Å². The number of carbonyl (C=O) groups is 1. The topological polar surface area (TPSA) is 135 Å². The molecule has 0 spiro atoms. The number of rotatable bonds is 5. The molecular formula is C15H15N3O5S. The van der Waals surface area contributed by atoms with Crippen LogP contribution < -0.4 is 15.2 Å². The van der Waals surface area contributed by atoms with Crippen molar-refractivity contribution >= 4 is 21.6 Å². The molecule has 0 radical (unpaired) electrons. The third-order valence-electron chi connectivity index (χ3n) is 3.13. The average molecular weight is 349 g/mol. The Morgan fingerprint density at radius 3 is 2.46 bits per heavy atom. The zero-order valence-corrected chi connectivity index (χ0v) is 13.8. The zero-order chi connectivity index (χ0) is 17.9. The fourth-order valence-corrected chi connectivity index (χ4v) is 3.18. The van der Waals surface area contributed by atoms with Crippen LogP contribution in [-0.4, -0.2) is 20.9 Å². The summed E-state index contributed by atoms with van der Waals surface area (Å²) in [5.41, 5.74) is 0.294. The second kappa shape index (κ2) is 6.74.